The number of fused-ring (bicyclic) bond motifs is 3. The van der Waals surface area contributed by atoms with Gasteiger partial charge in [-0.3, -0.25) is 0 Å². The van der Waals surface area contributed by atoms with Crippen LogP contribution in [0.4, 0.5) is 11.4 Å². The van der Waals surface area contributed by atoms with Crippen LogP contribution in [0, 0.1) is 0 Å². The van der Waals surface area contributed by atoms with E-state index in [2.05, 4.69) is 35.2 Å². The summed E-state index contributed by atoms with van der Waals surface area (Å²) in [5, 5.41) is 11.0. The van der Waals surface area contributed by atoms with Crippen LogP contribution in [0.2, 0.25) is 0 Å². The summed E-state index contributed by atoms with van der Waals surface area (Å²) in [6.45, 7) is 2.44. The molecular weight excluding hydrogens is 441 g/mol. The topological polar surface area (TPSA) is 71.1 Å². The van der Waals surface area contributed by atoms with Gasteiger partial charge in [0.05, 0.1) is 31.1 Å². The second kappa shape index (κ2) is 9.53. The molecule has 34 heavy (non-hydrogen) atoms. The van der Waals surface area contributed by atoms with Gasteiger partial charge in [0.2, 0.25) is 0 Å². The summed E-state index contributed by atoms with van der Waals surface area (Å²) < 4.78 is 17.9. The zero-order chi connectivity index (χ0) is 22.4. The van der Waals surface area contributed by atoms with Gasteiger partial charge >= 0.3 is 29.6 Å². The molecule has 3 aliphatic rings. The second-order valence-corrected chi connectivity index (χ2v) is 8.83. The van der Waals surface area contributed by atoms with Gasteiger partial charge in [-0.1, -0.05) is 36.4 Å². The average Bonchev–Trinajstić information content (AvgIpc) is 3.42. The number of anilines is 2. The largest absolute Gasteiger partial charge is 1.00 e. The second-order valence-electron chi connectivity index (χ2n) is 8.83. The summed E-state index contributed by atoms with van der Waals surface area (Å²) in [7, 11) is 0. The van der Waals surface area contributed by atoms with Gasteiger partial charge in [-0.05, 0) is 42.7 Å². The number of ether oxygens (including phenoxy) is 3. The fraction of sp³-hybridized carbons (Fsp3) is 0.296. The van der Waals surface area contributed by atoms with Gasteiger partial charge in [-0.2, -0.15) is 0 Å². The summed E-state index contributed by atoms with van der Waals surface area (Å²) >= 11 is 0. The van der Waals surface area contributed by atoms with Crippen molar-refractivity contribution in [3.63, 3.8) is 0 Å². The standard InChI is InChI=1S/C27H25NO5.Na/c29-26(30)14-19-15-32-25-13-17(8-9-20(19)25)12-18-16-33-27-21(18)4-3-6-23(27)28-10-11-31-24-7-2-1-5-22(24)28;/h1-9,13,18-19H,10-12,14-16H2,(H,29,30);/q;+1/p-1/t18-,19-;/m1./s1. The van der Waals surface area contributed by atoms with Gasteiger partial charge in [0.25, 0.3) is 0 Å². The Morgan fingerprint density at radius 1 is 0.882 bits per heavy atom. The van der Waals surface area contributed by atoms with Crippen LogP contribution in [0.1, 0.15) is 34.9 Å². The molecule has 168 valence electrons. The Labute approximate surface area is 220 Å². The molecule has 0 fully saturated rings. The smallest absolute Gasteiger partial charge is 0.550 e. The Kier molecular flexibility index (Phi) is 6.47. The fourth-order valence-corrected chi connectivity index (χ4v) is 5.20. The number of aliphatic carboxylic acids is 1. The maximum atomic E-state index is 11.0. The third-order valence-corrected chi connectivity index (χ3v) is 6.77. The van der Waals surface area contributed by atoms with E-state index in [0.29, 0.717) is 19.8 Å². The molecule has 0 saturated carbocycles. The van der Waals surface area contributed by atoms with E-state index >= 15 is 0 Å². The molecule has 3 aromatic carbocycles. The van der Waals surface area contributed by atoms with Crippen molar-refractivity contribution in [1.82, 2.24) is 0 Å². The molecule has 0 saturated heterocycles. The minimum absolute atomic E-state index is 0. The molecule has 3 aliphatic heterocycles. The molecule has 2 atom stereocenters. The van der Waals surface area contributed by atoms with Crippen molar-refractivity contribution in [2.45, 2.75) is 24.7 Å². The van der Waals surface area contributed by atoms with Crippen molar-refractivity contribution < 1.29 is 53.7 Å². The Bertz CT molecular complexity index is 1230. The number of hydrogen-bond acceptors (Lipinski definition) is 6. The molecule has 0 aliphatic carbocycles. The summed E-state index contributed by atoms with van der Waals surface area (Å²) in [6.07, 6.45) is 0.821. The zero-order valence-corrected chi connectivity index (χ0v) is 21.2. The monoisotopic (exact) mass is 465 g/mol. The SMILES string of the molecule is O=C([O-])C[C@@H]1COc2cc(C[C@@H]3COc4c3cccc4N3CCOc4ccccc43)ccc21.[Na+]. The van der Waals surface area contributed by atoms with Crippen LogP contribution in [0.15, 0.2) is 60.7 Å². The first-order valence-corrected chi connectivity index (χ1v) is 11.4. The van der Waals surface area contributed by atoms with Crippen LogP contribution < -0.4 is 53.8 Å². The van der Waals surface area contributed by atoms with Gasteiger partial charge in [-0.15, -0.1) is 0 Å². The van der Waals surface area contributed by atoms with E-state index in [0.717, 1.165) is 52.7 Å². The number of para-hydroxylation sites is 3. The van der Waals surface area contributed by atoms with E-state index in [1.165, 1.54) is 5.56 Å². The van der Waals surface area contributed by atoms with E-state index in [1.807, 2.05) is 30.3 Å². The van der Waals surface area contributed by atoms with Crippen molar-refractivity contribution in [2.75, 3.05) is 31.3 Å². The number of carbonyl (C=O) groups excluding carboxylic acids is 1. The number of nitrogens with zero attached hydrogens (tertiary/aromatic N) is 1. The van der Waals surface area contributed by atoms with Crippen LogP contribution in [-0.2, 0) is 11.2 Å². The van der Waals surface area contributed by atoms with Crippen LogP contribution in [0.25, 0.3) is 0 Å². The van der Waals surface area contributed by atoms with Crippen LogP contribution in [-0.4, -0.2) is 32.3 Å². The molecule has 0 unspecified atom stereocenters. The Morgan fingerprint density at radius 2 is 1.71 bits per heavy atom. The van der Waals surface area contributed by atoms with E-state index in [-0.39, 0.29) is 47.8 Å². The molecular formula is C27H24NNaO5. The fourth-order valence-electron chi connectivity index (χ4n) is 5.20. The minimum atomic E-state index is -1.04. The number of hydrogen-bond donors (Lipinski definition) is 0. The van der Waals surface area contributed by atoms with Crippen LogP contribution >= 0.6 is 0 Å². The molecule has 3 aromatic rings. The molecule has 6 rings (SSSR count). The first-order chi connectivity index (χ1) is 16.2. The minimum Gasteiger partial charge on any atom is -0.550 e. The zero-order valence-electron chi connectivity index (χ0n) is 19.2. The van der Waals surface area contributed by atoms with Gasteiger partial charge in [0.1, 0.15) is 23.9 Å². The molecule has 3 heterocycles. The Morgan fingerprint density at radius 3 is 2.59 bits per heavy atom. The third-order valence-electron chi connectivity index (χ3n) is 6.77. The van der Waals surface area contributed by atoms with Gasteiger partial charge in [0.15, 0.2) is 0 Å². The van der Waals surface area contributed by atoms with Crippen molar-refractivity contribution in [1.29, 1.82) is 0 Å². The molecule has 0 aromatic heterocycles. The number of carboxylic acid groups (broad SMARTS) is 1. The predicted molar refractivity (Wildman–Crippen MR) is 122 cm³/mol. The quantitative estimate of drug-likeness (QED) is 0.513. The van der Waals surface area contributed by atoms with Crippen molar-refractivity contribution in [3.8, 4) is 17.2 Å². The van der Waals surface area contributed by atoms with E-state index in [1.54, 1.807) is 0 Å². The normalized spacial score (nSPS) is 19.6. The first kappa shape index (κ1) is 23.1. The van der Waals surface area contributed by atoms with E-state index in [9.17, 15) is 9.90 Å². The molecule has 0 spiro atoms. The van der Waals surface area contributed by atoms with Crippen LogP contribution in [0.3, 0.4) is 0 Å². The molecule has 0 N–H and O–H groups in total. The van der Waals surface area contributed by atoms with E-state index in [4.69, 9.17) is 14.2 Å². The Hall–Kier alpha value is -2.67. The maximum absolute atomic E-state index is 11.0. The van der Waals surface area contributed by atoms with Crippen LogP contribution in [0.5, 0.6) is 17.2 Å². The van der Waals surface area contributed by atoms with Gasteiger partial charge < -0.3 is 29.0 Å². The van der Waals surface area contributed by atoms with Gasteiger partial charge in [0, 0.05) is 28.9 Å². The molecule has 0 amide bonds. The third kappa shape index (κ3) is 4.15. The number of rotatable bonds is 5. The first-order valence-electron chi connectivity index (χ1n) is 11.4. The molecule has 6 nitrogen and oxygen atoms in total. The van der Waals surface area contributed by atoms with Crippen molar-refractivity contribution >= 4 is 17.3 Å². The maximum Gasteiger partial charge on any atom is 1.00 e. The number of carboxylic acids is 1. The average molecular weight is 465 g/mol. The molecule has 7 heteroatoms. The van der Waals surface area contributed by atoms with E-state index < -0.39 is 5.97 Å². The number of carbonyl (C=O) groups is 1. The molecule has 0 bridgehead atoms. The van der Waals surface area contributed by atoms with Crippen molar-refractivity contribution in [3.05, 3.63) is 77.4 Å². The predicted octanol–water partition coefficient (Wildman–Crippen LogP) is 0.556. The van der Waals surface area contributed by atoms with Gasteiger partial charge in [-0.25, -0.2) is 0 Å². The van der Waals surface area contributed by atoms with Crippen molar-refractivity contribution in [2.24, 2.45) is 0 Å². The summed E-state index contributed by atoms with van der Waals surface area (Å²) in [4.78, 5) is 13.3. The molecule has 0 radical (unpaired) electrons. The summed E-state index contributed by atoms with van der Waals surface area (Å²) in [5.74, 6) is 1.70. The Balaban J connectivity index is 0.00000241. The summed E-state index contributed by atoms with van der Waals surface area (Å²) in [6, 6.07) is 20.6. The number of benzene rings is 3. The summed E-state index contributed by atoms with van der Waals surface area (Å²) in [5.41, 5.74) is 5.47.